The number of unbranched alkanes of at least 4 members (excludes halogenated alkanes) is 2. The van der Waals surface area contributed by atoms with Crippen LogP contribution >= 0.6 is 0 Å². The van der Waals surface area contributed by atoms with E-state index >= 15 is 0 Å². The molecule has 0 fully saturated rings. The van der Waals surface area contributed by atoms with Crippen molar-refractivity contribution in [2.24, 2.45) is 0 Å². The highest BCUT2D eigenvalue weighted by Crippen LogP contribution is 2.05. The summed E-state index contributed by atoms with van der Waals surface area (Å²) in [5.74, 6) is 0. The lowest BCUT2D eigenvalue weighted by Crippen LogP contribution is -2.21. The van der Waals surface area contributed by atoms with Crippen LogP contribution in [0.3, 0.4) is 0 Å². The minimum absolute atomic E-state index is 0.652. The van der Waals surface area contributed by atoms with Crippen LogP contribution in [0.25, 0.3) is 0 Å². The fourth-order valence-electron chi connectivity index (χ4n) is 1.65. The van der Waals surface area contributed by atoms with Crippen molar-refractivity contribution in [3.05, 3.63) is 29.8 Å². The molecule has 14 heavy (non-hydrogen) atoms. The Morgan fingerprint density at radius 3 is 2.14 bits per heavy atom. The summed E-state index contributed by atoms with van der Waals surface area (Å²) in [6.07, 6.45) is 5.24. The molecule has 0 aliphatic rings. The van der Waals surface area contributed by atoms with Gasteiger partial charge in [0, 0.05) is 0 Å². The van der Waals surface area contributed by atoms with Gasteiger partial charge in [0.1, 0.15) is 0 Å². The number of aryl methyl sites for hydroxylation is 1. The molecule has 1 aromatic carbocycles. The zero-order valence-corrected chi connectivity index (χ0v) is 9.72. The van der Waals surface area contributed by atoms with Gasteiger partial charge in [0.25, 0.3) is 0 Å². The van der Waals surface area contributed by atoms with Crippen molar-refractivity contribution in [2.45, 2.75) is 46.3 Å². The van der Waals surface area contributed by atoms with Crippen LogP contribution < -0.4 is 5.46 Å². The van der Waals surface area contributed by atoms with Crippen molar-refractivity contribution in [3.8, 4) is 0 Å². The maximum Gasteiger partial charge on any atom is 0.169 e. The highest BCUT2D eigenvalue weighted by molar-refractivity contribution is 6.70. The molecule has 0 unspecified atom stereocenters. The molecular formula is C13H21B. The Labute approximate surface area is 88.8 Å². The minimum Gasteiger partial charge on any atom is -0.0819 e. The summed E-state index contributed by atoms with van der Waals surface area (Å²) < 4.78 is 0. The van der Waals surface area contributed by atoms with E-state index in [2.05, 4.69) is 44.8 Å². The van der Waals surface area contributed by atoms with Crippen molar-refractivity contribution >= 4 is 12.2 Å². The molecular weight excluding hydrogens is 167 g/mol. The molecule has 0 nitrogen and oxygen atoms in total. The Morgan fingerprint density at radius 2 is 1.64 bits per heavy atom. The van der Waals surface area contributed by atoms with Crippen LogP contribution in [0.4, 0.5) is 0 Å². The van der Waals surface area contributed by atoms with Gasteiger partial charge < -0.3 is 0 Å². The van der Waals surface area contributed by atoms with Gasteiger partial charge in [0.2, 0.25) is 0 Å². The van der Waals surface area contributed by atoms with Crippen molar-refractivity contribution in [2.75, 3.05) is 0 Å². The zero-order chi connectivity index (χ0) is 10.4. The van der Waals surface area contributed by atoms with Crippen LogP contribution in [-0.4, -0.2) is 6.71 Å². The van der Waals surface area contributed by atoms with Crippen molar-refractivity contribution in [1.29, 1.82) is 0 Å². The molecule has 0 atom stereocenters. The van der Waals surface area contributed by atoms with Crippen molar-refractivity contribution < 1.29 is 0 Å². The van der Waals surface area contributed by atoms with Gasteiger partial charge >= 0.3 is 0 Å². The summed E-state index contributed by atoms with van der Waals surface area (Å²) >= 11 is 0. The minimum atomic E-state index is 0.652. The van der Waals surface area contributed by atoms with Crippen LogP contribution in [0.5, 0.6) is 0 Å². The molecule has 0 bridgehead atoms. The lowest BCUT2D eigenvalue weighted by atomic mass is 9.49. The summed E-state index contributed by atoms with van der Waals surface area (Å²) in [5, 5.41) is 0. The van der Waals surface area contributed by atoms with Crippen LogP contribution in [-0.2, 0) is 6.42 Å². The standard InChI is InChI=1S/C13H21B/c1-4-5-6-7-12-8-10-13(11-9-12)14(2)3/h8-11H,4-7H2,1-3H3. The normalized spacial score (nSPS) is 10.2. The third-order valence-corrected chi connectivity index (χ3v) is 2.72. The highest BCUT2D eigenvalue weighted by atomic mass is 14.0. The molecule has 0 saturated heterocycles. The molecule has 0 aromatic heterocycles. The summed E-state index contributed by atoms with van der Waals surface area (Å²) in [6, 6.07) is 9.11. The molecule has 0 spiro atoms. The molecule has 0 saturated carbocycles. The number of benzene rings is 1. The zero-order valence-electron chi connectivity index (χ0n) is 9.72. The Bertz CT molecular complexity index is 248. The van der Waals surface area contributed by atoms with Crippen LogP contribution in [0, 0.1) is 0 Å². The van der Waals surface area contributed by atoms with E-state index in [0.29, 0.717) is 6.71 Å². The van der Waals surface area contributed by atoms with Crippen LogP contribution in [0.2, 0.25) is 13.6 Å². The lowest BCUT2D eigenvalue weighted by molar-refractivity contribution is 0.717. The third-order valence-electron chi connectivity index (χ3n) is 2.72. The van der Waals surface area contributed by atoms with Crippen molar-refractivity contribution in [3.63, 3.8) is 0 Å². The number of hydrogen-bond acceptors (Lipinski definition) is 0. The fourth-order valence-corrected chi connectivity index (χ4v) is 1.65. The molecule has 0 aliphatic carbocycles. The van der Waals surface area contributed by atoms with Crippen molar-refractivity contribution in [1.82, 2.24) is 0 Å². The Morgan fingerprint density at radius 1 is 1.00 bits per heavy atom. The average Bonchev–Trinajstić information content (AvgIpc) is 2.19. The van der Waals surface area contributed by atoms with Gasteiger partial charge in [-0.1, -0.05) is 63.1 Å². The molecule has 1 heteroatoms. The molecule has 76 valence electrons. The molecule has 1 aromatic rings. The first-order valence-corrected chi connectivity index (χ1v) is 5.83. The van der Waals surface area contributed by atoms with Gasteiger partial charge in [-0.05, 0) is 18.4 Å². The van der Waals surface area contributed by atoms with E-state index in [4.69, 9.17) is 0 Å². The first-order chi connectivity index (χ1) is 6.74. The predicted molar refractivity (Wildman–Crippen MR) is 66.8 cm³/mol. The van der Waals surface area contributed by atoms with E-state index in [1.54, 1.807) is 0 Å². The summed E-state index contributed by atoms with van der Waals surface area (Å²) in [6.45, 7) is 7.39. The van der Waals surface area contributed by atoms with E-state index < -0.39 is 0 Å². The summed E-state index contributed by atoms with van der Waals surface area (Å²) in [7, 11) is 0. The Balaban J connectivity index is 2.47. The first kappa shape index (κ1) is 11.4. The van der Waals surface area contributed by atoms with Crippen LogP contribution in [0.15, 0.2) is 24.3 Å². The quantitative estimate of drug-likeness (QED) is 0.490. The maximum atomic E-state index is 2.28. The second kappa shape index (κ2) is 5.90. The molecule has 0 radical (unpaired) electrons. The fraction of sp³-hybridized carbons (Fsp3) is 0.538. The largest absolute Gasteiger partial charge is 0.169 e. The van der Waals surface area contributed by atoms with Gasteiger partial charge in [0.05, 0.1) is 0 Å². The number of hydrogen-bond donors (Lipinski definition) is 0. The smallest absolute Gasteiger partial charge is 0.0819 e. The molecule has 0 N–H and O–H groups in total. The average molecular weight is 188 g/mol. The summed E-state index contributed by atoms with van der Waals surface area (Å²) in [5.41, 5.74) is 2.94. The highest BCUT2D eigenvalue weighted by Gasteiger charge is 2.01. The van der Waals surface area contributed by atoms with E-state index in [1.807, 2.05) is 0 Å². The van der Waals surface area contributed by atoms with E-state index in [0.717, 1.165) is 0 Å². The summed E-state index contributed by atoms with van der Waals surface area (Å²) in [4.78, 5) is 0. The lowest BCUT2D eigenvalue weighted by Gasteiger charge is -2.04. The Hall–Kier alpha value is -0.715. The Kier molecular flexibility index (Phi) is 4.79. The predicted octanol–water partition coefficient (Wildman–Crippen LogP) is 3.38. The van der Waals surface area contributed by atoms with Gasteiger partial charge in [0.15, 0.2) is 6.71 Å². The molecule has 0 heterocycles. The van der Waals surface area contributed by atoms with E-state index in [-0.39, 0.29) is 0 Å². The van der Waals surface area contributed by atoms with Gasteiger partial charge in [-0.2, -0.15) is 0 Å². The first-order valence-electron chi connectivity index (χ1n) is 5.83. The SMILES string of the molecule is CCCCCc1ccc(B(C)C)cc1. The van der Waals surface area contributed by atoms with Crippen LogP contribution in [0.1, 0.15) is 31.7 Å². The van der Waals surface area contributed by atoms with Gasteiger partial charge in [-0.3, -0.25) is 0 Å². The third kappa shape index (κ3) is 3.57. The second-order valence-electron chi connectivity index (χ2n) is 4.35. The van der Waals surface area contributed by atoms with E-state index in [1.165, 1.54) is 36.7 Å². The molecule has 0 aliphatic heterocycles. The number of rotatable bonds is 5. The maximum absolute atomic E-state index is 2.28. The van der Waals surface area contributed by atoms with Gasteiger partial charge in [-0.15, -0.1) is 0 Å². The molecule has 1 rings (SSSR count). The monoisotopic (exact) mass is 188 g/mol. The second-order valence-corrected chi connectivity index (χ2v) is 4.35. The van der Waals surface area contributed by atoms with Gasteiger partial charge in [-0.25, -0.2) is 0 Å². The van der Waals surface area contributed by atoms with E-state index in [9.17, 15) is 0 Å². The molecule has 0 amide bonds. The topological polar surface area (TPSA) is 0 Å².